The van der Waals surface area contributed by atoms with Gasteiger partial charge in [-0.05, 0) is 62.5 Å². The summed E-state index contributed by atoms with van der Waals surface area (Å²) in [5.74, 6) is 0. The maximum atomic E-state index is 4.93. The van der Waals surface area contributed by atoms with Gasteiger partial charge in [-0.1, -0.05) is 162 Å². The Morgan fingerprint density at radius 2 is 0.833 bits per heavy atom. The van der Waals surface area contributed by atoms with Gasteiger partial charge in [0, 0.05) is 9.52 Å². The molecule has 0 heterocycles. The van der Waals surface area contributed by atoms with Gasteiger partial charge in [0.05, 0.1) is 0 Å². The van der Waals surface area contributed by atoms with E-state index in [1.54, 1.807) is 0 Å². The monoisotopic (exact) mass is 852 g/mol. The predicted molar refractivity (Wildman–Crippen MR) is 243 cm³/mol. The Morgan fingerprint density at radius 3 is 1.09 bits per heavy atom. The van der Waals surface area contributed by atoms with Crippen LogP contribution in [0.25, 0.3) is 43.8 Å². The summed E-state index contributed by atoms with van der Waals surface area (Å²) >= 11 is -0.826. The van der Waals surface area contributed by atoms with Crippen molar-refractivity contribution in [2.75, 3.05) is 0 Å². The molecule has 0 spiro atoms. The Bertz CT molecular complexity index is 1910. The Morgan fingerprint density at radius 1 is 0.537 bits per heavy atom. The van der Waals surface area contributed by atoms with E-state index in [0.29, 0.717) is 0 Å². The Kier molecular flexibility index (Phi) is 17.8. The van der Waals surface area contributed by atoms with Crippen molar-refractivity contribution in [2.24, 2.45) is 0 Å². The van der Waals surface area contributed by atoms with Crippen LogP contribution in [0.3, 0.4) is 0 Å². The summed E-state index contributed by atoms with van der Waals surface area (Å²) < 4.78 is 0. The molecule has 0 aliphatic carbocycles. The van der Waals surface area contributed by atoms with Crippen molar-refractivity contribution in [3.8, 4) is 22.3 Å². The maximum absolute atomic E-state index is 4.93. The van der Waals surface area contributed by atoms with E-state index >= 15 is 0 Å². The molecule has 0 saturated carbocycles. The van der Waals surface area contributed by atoms with E-state index in [1.807, 2.05) is 0 Å². The van der Waals surface area contributed by atoms with E-state index in [0.717, 1.165) is 22.4 Å². The van der Waals surface area contributed by atoms with Crippen LogP contribution in [-0.2, 0) is 44.5 Å². The van der Waals surface area contributed by atoms with Crippen LogP contribution in [0.15, 0.2) is 84.9 Å². The number of benzene rings is 4. The molecule has 0 unspecified atom stereocenters. The first-order chi connectivity index (χ1) is 25.4. The number of hydrogen-bond donors (Lipinski definition) is 0. The zero-order chi connectivity index (χ0) is 40.4. The second-order valence-electron chi connectivity index (χ2n) is 17.0. The van der Waals surface area contributed by atoms with Gasteiger partial charge in [-0.25, -0.2) is 0 Å². The van der Waals surface area contributed by atoms with E-state index in [1.165, 1.54) is 101 Å². The summed E-state index contributed by atoms with van der Waals surface area (Å²) in [7, 11) is 11.0. The van der Waals surface area contributed by atoms with Gasteiger partial charge in [-0.15, -0.1) is 69.1 Å². The molecule has 0 aromatic heterocycles. The van der Waals surface area contributed by atoms with Gasteiger partial charge in [0.15, 0.2) is 0 Å². The first-order valence-electron chi connectivity index (χ1n) is 19.6. The van der Waals surface area contributed by atoms with Gasteiger partial charge in [-0.3, -0.25) is 0 Å². The molecule has 4 heteroatoms. The van der Waals surface area contributed by atoms with Gasteiger partial charge in [-0.2, -0.15) is 12.1 Å². The van der Waals surface area contributed by atoms with Gasteiger partial charge >= 0.3 is 37.9 Å². The molecular weight excluding hydrogens is 791 g/mol. The summed E-state index contributed by atoms with van der Waals surface area (Å²) in [6.45, 7) is 31.5. The second kappa shape index (κ2) is 20.8. The first kappa shape index (κ1) is 46.2. The van der Waals surface area contributed by atoms with Crippen LogP contribution >= 0.6 is 17.0 Å². The quantitative estimate of drug-likeness (QED) is 0.116. The van der Waals surface area contributed by atoms with Gasteiger partial charge in [0.1, 0.15) is 0 Å². The van der Waals surface area contributed by atoms with E-state index in [-0.39, 0.29) is 10.8 Å². The van der Waals surface area contributed by atoms with E-state index in [9.17, 15) is 0 Å². The number of halogens is 2. The van der Waals surface area contributed by atoms with E-state index < -0.39 is 20.8 Å². The molecule has 286 valence electrons. The molecule has 2 radical (unpaired) electrons. The van der Waals surface area contributed by atoms with Crippen LogP contribution in [0.5, 0.6) is 0 Å². The molecule has 0 saturated heterocycles. The van der Waals surface area contributed by atoms with Crippen molar-refractivity contribution >= 4 is 48.1 Å². The molecule has 6 rings (SSSR count). The van der Waals surface area contributed by atoms with Crippen molar-refractivity contribution in [2.45, 2.75) is 133 Å². The Labute approximate surface area is 350 Å². The predicted octanol–water partition coefficient (Wildman–Crippen LogP) is 16.3. The minimum absolute atomic E-state index is 0.128. The van der Waals surface area contributed by atoms with Crippen molar-refractivity contribution in [1.82, 2.24) is 0 Å². The minimum atomic E-state index is -0.826. The number of aryl methyl sites for hydroxylation is 6. The summed E-state index contributed by atoms with van der Waals surface area (Å²) in [4.78, 5) is 0. The average Bonchev–Trinajstić information content (AvgIpc) is 3.67. The fourth-order valence-corrected chi connectivity index (χ4v) is 7.66. The summed E-state index contributed by atoms with van der Waals surface area (Å²) in [5.41, 5.74) is 17.0. The fraction of sp³-hybridized carbons (Fsp3) is 0.400. The molecule has 0 aliphatic heterocycles. The standard InChI is InChI=1S/2C24H29.C2H6Si.2ClH.Zr/c2*1-7-8-18-14-19-9-10-22(24(4,5)6)23(21(19)15-18)20-12-16(2)11-17(3)13-20;1-3-2;;;/h2*9-15H,7-8H2,1-6H3;1-2H3;2*1H;/q2*-1;;;;+4/p-2. The molecule has 0 atom stereocenters. The number of rotatable bonds is 6. The molecule has 0 aliphatic rings. The zero-order valence-electron chi connectivity index (χ0n) is 35.7. The van der Waals surface area contributed by atoms with Crippen LogP contribution in [0.1, 0.15) is 113 Å². The van der Waals surface area contributed by atoms with Crippen LogP contribution in [-0.4, -0.2) is 9.52 Å². The molecule has 6 aromatic carbocycles. The van der Waals surface area contributed by atoms with Crippen molar-refractivity contribution in [3.05, 3.63) is 129 Å². The number of hydrogen-bond acceptors (Lipinski definition) is 0. The van der Waals surface area contributed by atoms with Gasteiger partial charge in [0.25, 0.3) is 0 Å². The third-order valence-electron chi connectivity index (χ3n) is 9.61. The normalized spacial score (nSPS) is 11.3. The molecular formula is C50H64Cl2SiZr. The van der Waals surface area contributed by atoms with E-state index in [2.05, 4.69) is 181 Å². The fourth-order valence-electron chi connectivity index (χ4n) is 7.66. The molecule has 54 heavy (non-hydrogen) atoms. The molecule has 0 amide bonds. The van der Waals surface area contributed by atoms with Crippen molar-refractivity contribution in [1.29, 1.82) is 0 Å². The summed E-state index contributed by atoms with van der Waals surface area (Å²) in [5, 5.41) is 5.58. The third-order valence-corrected chi connectivity index (χ3v) is 9.61. The Balaban J connectivity index is 0.000000254. The Hall–Kier alpha value is -2.22. The van der Waals surface area contributed by atoms with Crippen LogP contribution in [0, 0.1) is 27.7 Å². The molecule has 0 N–H and O–H groups in total. The third kappa shape index (κ3) is 12.4. The number of fused-ring (bicyclic) bond motifs is 2. The topological polar surface area (TPSA) is 0 Å². The molecule has 6 aromatic rings. The van der Waals surface area contributed by atoms with Gasteiger partial charge < -0.3 is 0 Å². The second-order valence-corrected chi connectivity index (χ2v) is 21.8. The first-order valence-corrected chi connectivity index (χ1v) is 27.9. The average molecular weight is 855 g/mol. The molecule has 0 bridgehead atoms. The summed E-state index contributed by atoms with van der Waals surface area (Å²) in [6.07, 6.45) is 4.71. The van der Waals surface area contributed by atoms with Crippen LogP contribution < -0.4 is 0 Å². The summed E-state index contributed by atoms with van der Waals surface area (Å²) in [6, 6.07) is 32.7. The van der Waals surface area contributed by atoms with Crippen LogP contribution in [0.4, 0.5) is 0 Å². The molecule has 0 nitrogen and oxygen atoms in total. The van der Waals surface area contributed by atoms with Crippen molar-refractivity contribution < 1.29 is 20.8 Å². The molecule has 0 fully saturated rings. The van der Waals surface area contributed by atoms with Crippen molar-refractivity contribution in [3.63, 3.8) is 0 Å². The van der Waals surface area contributed by atoms with Crippen LogP contribution in [0.2, 0.25) is 13.1 Å². The van der Waals surface area contributed by atoms with Gasteiger partial charge in [0.2, 0.25) is 0 Å². The zero-order valence-corrected chi connectivity index (χ0v) is 40.6. The van der Waals surface area contributed by atoms with E-state index in [4.69, 9.17) is 17.0 Å². The SMILES string of the molecule is CCCc1cc2c(-c3cc(C)cc(C)c3)c(C(C)(C)C)ccc2[cH-]1.CCCc1cc2c(-c3cc(C)cc(C)c3)c(C(C)(C)C)ccc2[cH-]1.C[Si]C.[Cl][Zr+2][Cl].